The lowest BCUT2D eigenvalue weighted by molar-refractivity contribution is 0.122. The molecule has 0 radical (unpaired) electrons. The van der Waals surface area contributed by atoms with Crippen molar-refractivity contribution in [1.82, 2.24) is 9.55 Å². The Hall–Kier alpha value is -1.55. The van der Waals surface area contributed by atoms with E-state index in [4.69, 9.17) is 4.74 Å². The molecule has 1 fully saturated rings. The van der Waals surface area contributed by atoms with E-state index in [1.54, 1.807) is 0 Å². The molecule has 0 N–H and O–H groups in total. The second kappa shape index (κ2) is 3.79. The molecule has 0 amide bonds. The topological polar surface area (TPSA) is 30.3 Å². The van der Waals surface area contributed by atoms with E-state index < -0.39 is 0 Å². The van der Waals surface area contributed by atoms with Crippen molar-refractivity contribution in [2.45, 2.75) is 0 Å². The number of aromatic nitrogens is 2. The maximum absolute atomic E-state index is 5.36. The van der Waals surface area contributed by atoms with Crippen LogP contribution in [-0.2, 0) is 11.8 Å². The summed E-state index contributed by atoms with van der Waals surface area (Å²) in [5.41, 5.74) is 2.25. The summed E-state index contributed by atoms with van der Waals surface area (Å²) in [5, 5.41) is 0. The highest BCUT2D eigenvalue weighted by Crippen LogP contribution is 2.21. The van der Waals surface area contributed by atoms with E-state index in [0.29, 0.717) is 0 Å². The Morgan fingerprint density at radius 1 is 1.19 bits per heavy atom. The molecule has 0 saturated carbocycles. The Morgan fingerprint density at radius 2 is 1.94 bits per heavy atom. The fourth-order valence-electron chi connectivity index (χ4n) is 2.18. The van der Waals surface area contributed by atoms with Gasteiger partial charge < -0.3 is 14.2 Å². The van der Waals surface area contributed by atoms with Crippen LogP contribution in [0.4, 0.5) is 5.95 Å². The molecule has 0 aliphatic carbocycles. The molecule has 1 aliphatic heterocycles. The Kier molecular flexibility index (Phi) is 2.29. The Bertz CT molecular complexity index is 500. The fourth-order valence-corrected chi connectivity index (χ4v) is 2.18. The largest absolute Gasteiger partial charge is 0.378 e. The van der Waals surface area contributed by atoms with Crippen molar-refractivity contribution in [3.8, 4) is 0 Å². The number of aryl methyl sites for hydroxylation is 1. The minimum Gasteiger partial charge on any atom is -0.378 e. The van der Waals surface area contributed by atoms with Gasteiger partial charge in [0.2, 0.25) is 5.95 Å². The minimum atomic E-state index is 0.795. The number of hydrogen-bond donors (Lipinski definition) is 0. The highest BCUT2D eigenvalue weighted by atomic mass is 16.5. The van der Waals surface area contributed by atoms with Gasteiger partial charge in [-0.05, 0) is 12.1 Å². The van der Waals surface area contributed by atoms with E-state index in [1.807, 2.05) is 12.1 Å². The second-order valence-corrected chi connectivity index (χ2v) is 4.06. The van der Waals surface area contributed by atoms with Crippen molar-refractivity contribution in [2.75, 3.05) is 31.2 Å². The van der Waals surface area contributed by atoms with Crippen LogP contribution in [0.25, 0.3) is 11.0 Å². The lowest BCUT2D eigenvalue weighted by Gasteiger charge is -2.27. The molecular formula is C12H15N3O. The third kappa shape index (κ3) is 1.46. The number of para-hydroxylation sites is 2. The zero-order valence-corrected chi connectivity index (χ0v) is 9.39. The Labute approximate surface area is 94.4 Å². The fraction of sp³-hybridized carbons (Fsp3) is 0.417. The molecule has 1 saturated heterocycles. The van der Waals surface area contributed by atoms with E-state index in [1.165, 1.54) is 5.52 Å². The second-order valence-electron chi connectivity index (χ2n) is 4.06. The van der Waals surface area contributed by atoms with Gasteiger partial charge in [0.25, 0.3) is 0 Å². The summed E-state index contributed by atoms with van der Waals surface area (Å²) < 4.78 is 7.51. The number of nitrogens with zero attached hydrogens (tertiary/aromatic N) is 3. The third-order valence-electron chi connectivity index (χ3n) is 3.06. The summed E-state index contributed by atoms with van der Waals surface area (Å²) in [5.74, 6) is 1.05. The van der Waals surface area contributed by atoms with Gasteiger partial charge in [0.1, 0.15) is 0 Å². The Morgan fingerprint density at radius 3 is 2.69 bits per heavy atom. The zero-order valence-electron chi connectivity index (χ0n) is 9.39. The third-order valence-corrected chi connectivity index (χ3v) is 3.06. The normalized spacial score (nSPS) is 16.9. The number of anilines is 1. The lowest BCUT2D eigenvalue weighted by Crippen LogP contribution is -2.37. The van der Waals surface area contributed by atoms with Crippen molar-refractivity contribution < 1.29 is 4.74 Å². The highest BCUT2D eigenvalue weighted by Gasteiger charge is 2.16. The van der Waals surface area contributed by atoms with Crippen LogP contribution in [-0.4, -0.2) is 35.9 Å². The molecule has 1 aliphatic rings. The molecule has 2 aromatic rings. The molecule has 16 heavy (non-hydrogen) atoms. The molecule has 1 aromatic heterocycles. The van der Waals surface area contributed by atoms with Crippen LogP contribution < -0.4 is 4.90 Å². The average molecular weight is 217 g/mol. The molecular weight excluding hydrogens is 202 g/mol. The van der Waals surface area contributed by atoms with Gasteiger partial charge in [-0.25, -0.2) is 4.98 Å². The van der Waals surface area contributed by atoms with Gasteiger partial charge in [0, 0.05) is 20.1 Å². The van der Waals surface area contributed by atoms with Crippen molar-refractivity contribution >= 4 is 17.0 Å². The quantitative estimate of drug-likeness (QED) is 0.723. The van der Waals surface area contributed by atoms with Crippen LogP contribution in [0.15, 0.2) is 24.3 Å². The number of fused-ring (bicyclic) bond motifs is 1. The van der Waals surface area contributed by atoms with E-state index >= 15 is 0 Å². The number of rotatable bonds is 1. The zero-order chi connectivity index (χ0) is 11.0. The molecule has 3 rings (SSSR count). The minimum absolute atomic E-state index is 0.795. The summed E-state index contributed by atoms with van der Waals surface area (Å²) >= 11 is 0. The number of ether oxygens (including phenoxy) is 1. The first-order chi connectivity index (χ1) is 7.86. The van der Waals surface area contributed by atoms with E-state index in [9.17, 15) is 0 Å². The van der Waals surface area contributed by atoms with E-state index in [-0.39, 0.29) is 0 Å². The summed E-state index contributed by atoms with van der Waals surface area (Å²) in [4.78, 5) is 6.95. The van der Waals surface area contributed by atoms with Gasteiger partial charge in [-0.15, -0.1) is 0 Å². The van der Waals surface area contributed by atoms with E-state index in [2.05, 4.69) is 33.6 Å². The van der Waals surface area contributed by atoms with Crippen molar-refractivity contribution in [2.24, 2.45) is 7.05 Å². The van der Waals surface area contributed by atoms with Crippen LogP contribution in [0.1, 0.15) is 0 Å². The molecule has 0 bridgehead atoms. The van der Waals surface area contributed by atoms with Gasteiger partial charge in [0.05, 0.1) is 24.2 Å². The molecule has 0 atom stereocenters. The maximum atomic E-state index is 5.36. The van der Waals surface area contributed by atoms with Crippen LogP contribution >= 0.6 is 0 Å². The molecule has 84 valence electrons. The Balaban J connectivity index is 2.05. The van der Waals surface area contributed by atoms with Crippen LogP contribution in [0.3, 0.4) is 0 Å². The number of hydrogen-bond acceptors (Lipinski definition) is 3. The SMILES string of the molecule is Cn1c(N2CCOCC2)nc2ccccc21. The maximum Gasteiger partial charge on any atom is 0.206 e. The first-order valence-electron chi connectivity index (χ1n) is 5.60. The molecule has 0 spiro atoms. The molecule has 2 heterocycles. The lowest BCUT2D eigenvalue weighted by atomic mass is 10.3. The predicted octanol–water partition coefficient (Wildman–Crippen LogP) is 1.41. The summed E-state index contributed by atoms with van der Waals surface area (Å²) in [6.45, 7) is 3.45. The number of benzene rings is 1. The number of imidazole rings is 1. The van der Waals surface area contributed by atoms with Gasteiger partial charge in [0.15, 0.2) is 0 Å². The first kappa shape index (κ1) is 9.66. The van der Waals surface area contributed by atoms with Crippen LogP contribution in [0.2, 0.25) is 0 Å². The predicted molar refractivity (Wildman–Crippen MR) is 63.7 cm³/mol. The molecule has 4 heteroatoms. The first-order valence-corrected chi connectivity index (χ1v) is 5.60. The van der Waals surface area contributed by atoms with E-state index in [0.717, 1.165) is 37.8 Å². The monoisotopic (exact) mass is 217 g/mol. The molecule has 1 aromatic carbocycles. The summed E-state index contributed by atoms with van der Waals surface area (Å²) in [7, 11) is 2.07. The van der Waals surface area contributed by atoms with Gasteiger partial charge in [-0.1, -0.05) is 12.1 Å². The summed E-state index contributed by atoms with van der Waals surface area (Å²) in [6, 6.07) is 8.23. The van der Waals surface area contributed by atoms with Crippen molar-refractivity contribution in [3.63, 3.8) is 0 Å². The van der Waals surface area contributed by atoms with Gasteiger partial charge >= 0.3 is 0 Å². The summed E-state index contributed by atoms with van der Waals surface area (Å²) in [6.07, 6.45) is 0. The van der Waals surface area contributed by atoms with Crippen molar-refractivity contribution in [1.29, 1.82) is 0 Å². The number of morpholine rings is 1. The standard InChI is InChI=1S/C12H15N3O/c1-14-11-5-3-2-4-10(11)13-12(14)15-6-8-16-9-7-15/h2-5H,6-9H2,1H3. The van der Waals surface area contributed by atoms with Gasteiger partial charge in [-0.3, -0.25) is 0 Å². The smallest absolute Gasteiger partial charge is 0.206 e. The van der Waals surface area contributed by atoms with Crippen LogP contribution in [0.5, 0.6) is 0 Å². The molecule has 4 nitrogen and oxygen atoms in total. The van der Waals surface area contributed by atoms with Crippen LogP contribution in [0, 0.1) is 0 Å². The highest BCUT2D eigenvalue weighted by molar-refractivity contribution is 5.78. The molecule has 0 unspecified atom stereocenters. The van der Waals surface area contributed by atoms with Gasteiger partial charge in [-0.2, -0.15) is 0 Å². The average Bonchev–Trinajstić information content (AvgIpc) is 2.69. The van der Waals surface area contributed by atoms with Crippen molar-refractivity contribution in [3.05, 3.63) is 24.3 Å².